The Morgan fingerprint density at radius 3 is 2.95 bits per heavy atom. The van der Waals surface area contributed by atoms with E-state index in [2.05, 4.69) is 9.72 Å². The van der Waals surface area contributed by atoms with Crippen LogP contribution in [0.25, 0.3) is 0 Å². The number of pyridine rings is 1. The van der Waals surface area contributed by atoms with Crippen molar-refractivity contribution in [3.63, 3.8) is 0 Å². The molecule has 0 N–H and O–H groups in total. The molecule has 102 valence electrons. The minimum Gasteiger partial charge on any atom is -0.467 e. The molecule has 1 aliphatic heterocycles. The van der Waals surface area contributed by atoms with E-state index < -0.39 is 23.7 Å². The molecule has 2 heterocycles. The van der Waals surface area contributed by atoms with Gasteiger partial charge in [-0.1, -0.05) is 0 Å². The quantitative estimate of drug-likeness (QED) is 0.718. The molecule has 1 aromatic heterocycles. The first-order chi connectivity index (χ1) is 9.13. The summed E-state index contributed by atoms with van der Waals surface area (Å²) in [7, 11) is 1.25. The number of halogens is 1. The van der Waals surface area contributed by atoms with Gasteiger partial charge in [0.05, 0.1) is 26.5 Å². The first-order valence-corrected chi connectivity index (χ1v) is 5.71. The number of nitrogens with zero attached hydrogens (tertiary/aromatic N) is 2. The topological polar surface area (TPSA) is 68.7 Å². The van der Waals surface area contributed by atoms with Crippen LogP contribution >= 0.6 is 0 Å². The molecule has 1 aromatic rings. The van der Waals surface area contributed by atoms with Crippen LogP contribution < -0.4 is 0 Å². The van der Waals surface area contributed by atoms with Gasteiger partial charge in [-0.15, -0.1) is 0 Å². The number of methoxy groups -OCH3 is 1. The number of hydrogen-bond acceptors (Lipinski definition) is 5. The van der Waals surface area contributed by atoms with Crippen molar-refractivity contribution in [3.8, 4) is 0 Å². The first-order valence-electron chi connectivity index (χ1n) is 5.71. The maximum atomic E-state index is 12.8. The Labute approximate surface area is 109 Å². The van der Waals surface area contributed by atoms with Crippen molar-refractivity contribution in [2.45, 2.75) is 6.04 Å². The Morgan fingerprint density at radius 2 is 2.32 bits per heavy atom. The van der Waals surface area contributed by atoms with Crippen molar-refractivity contribution >= 4 is 11.9 Å². The number of ether oxygens (including phenoxy) is 2. The molecule has 0 radical (unpaired) electrons. The van der Waals surface area contributed by atoms with Crippen LogP contribution in [-0.2, 0) is 14.3 Å². The number of carbonyl (C=O) groups excluding carboxylic acids is 2. The van der Waals surface area contributed by atoms with E-state index in [1.165, 1.54) is 18.1 Å². The lowest BCUT2D eigenvalue weighted by molar-refractivity contribution is -0.151. The molecule has 7 heteroatoms. The number of aromatic nitrogens is 1. The average Bonchev–Trinajstić information content (AvgIpc) is 2.46. The SMILES string of the molecule is COC(=O)C1COCCN1C(=O)c1ccc(F)cn1. The number of carbonyl (C=O) groups is 2. The average molecular weight is 268 g/mol. The summed E-state index contributed by atoms with van der Waals surface area (Å²) in [6.45, 7) is 0.678. The molecule has 0 spiro atoms. The summed E-state index contributed by atoms with van der Waals surface area (Å²) >= 11 is 0. The van der Waals surface area contributed by atoms with E-state index in [0.29, 0.717) is 6.61 Å². The number of rotatable bonds is 2. The normalized spacial score (nSPS) is 19.1. The summed E-state index contributed by atoms with van der Waals surface area (Å²) in [5.41, 5.74) is 0.0807. The van der Waals surface area contributed by atoms with Gasteiger partial charge in [-0.25, -0.2) is 14.2 Å². The van der Waals surface area contributed by atoms with E-state index in [9.17, 15) is 14.0 Å². The monoisotopic (exact) mass is 268 g/mol. The number of morpholine rings is 1. The summed E-state index contributed by atoms with van der Waals surface area (Å²) < 4.78 is 22.6. The van der Waals surface area contributed by atoms with E-state index in [1.54, 1.807) is 0 Å². The molecule has 0 saturated carbocycles. The maximum Gasteiger partial charge on any atom is 0.331 e. The lowest BCUT2D eigenvalue weighted by Gasteiger charge is -2.33. The van der Waals surface area contributed by atoms with Gasteiger partial charge in [0.15, 0.2) is 6.04 Å². The highest BCUT2D eigenvalue weighted by atomic mass is 19.1. The van der Waals surface area contributed by atoms with Gasteiger partial charge in [-0.3, -0.25) is 4.79 Å². The Balaban J connectivity index is 2.20. The predicted molar refractivity (Wildman–Crippen MR) is 61.9 cm³/mol. The first kappa shape index (κ1) is 13.4. The molecule has 0 bridgehead atoms. The number of amides is 1. The van der Waals surface area contributed by atoms with E-state index in [4.69, 9.17) is 4.74 Å². The smallest absolute Gasteiger partial charge is 0.331 e. The third kappa shape index (κ3) is 2.87. The van der Waals surface area contributed by atoms with E-state index in [1.807, 2.05) is 0 Å². The standard InChI is InChI=1S/C12H13FN2O4/c1-18-12(17)10-7-19-5-4-15(10)11(16)9-3-2-8(13)6-14-9/h2-3,6,10H,4-5,7H2,1H3. The molecule has 19 heavy (non-hydrogen) atoms. The lowest BCUT2D eigenvalue weighted by atomic mass is 10.2. The van der Waals surface area contributed by atoms with Gasteiger partial charge < -0.3 is 14.4 Å². The summed E-state index contributed by atoms with van der Waals surface area (Å²) in [6, 6.07) is 1.63. The molecular formula is C12H13FN2O4. The van der Waals surface area contributed by atoms with Gasteiger partial charge in [0, 0.05) is 6.54 Å². The molecule has 1 saturated heterocycles. The van der Waals surface area contributed by atoms with Crippen LogP contribution in [0.15, 0.2) is 18.3 Å². The third-order valence-corrected chi connectivity index (χ3v) is 2.81. The molecule has 6 nitrogen and oxygen atoms in total. The van der Waals surface area contributed by atoms with Gasteiger partial charge in [-0.2, -0.15) is 0 Å². The molecular weight excluding hydrogens is 255 g/mol. The Morgan fingerprint density at radius 1 is 1.53 bits per heavy atom. The second-order valence-corrected chi connectivity index (χ2v) is 3.97. The molecule has 1 fully saturated rings. The zero-order valence-corrected chi connectivity index (χ0v) is 10.3. The van der Waals surface area contributed by atoms with Gasteiger partial charge in [0.25, 0.3) is 5.91 Å². The van der Waals surface area contributed by atoms with E-state index in [-0.39, 0.29) is 18.8 Å². The van der Waals surface area contributed by atoms with Gasteiger partial charge in [-0.05, 0) is 12.1 Å². The van der Waals surface area contributed by atoms with Crippen molar-refractivity contribution in [2.24, 2.45) is 0 Å². The van der Waals surface area contributed by atoms with E-state index in [0.717, 1.165) is 12.3 Å². The second-order valence-electron chi connectivity index (χ2n) is 3.97. The fraction of sp³-hybridized carbons (Fsp3) is 0.417. The van der Waals surface area contributed by atoms with Crippen LogP contribution in [0.2, 0.25) is 0 Å². The lowest BCUT2D eigenvalue weighted by Crippen LogP contribution is -2.53. The second kappa shape index (κ2) is 5.75. The molecule has 2 rings (SSSR count). The molecule has 1 unspecified atom stereocenters. The van der Waals surface area contributed by atoms with Crippen molar-refractivity contribution in [1.82, 2.24) is 9.88 Å². The van der Waals surface area contributed by atoms with Crippen molar-refractivity contribution in [3.05, 3.63) is 29.8 Å². The Hall–Kier alpha value is -2.02. The van der Waals surface area contributed by atoms with Crippen LogP contribution in [0.1, 0.15) is 10.5 Å². The zero-order chi connectivity index (χ0) is 13.8. The minimum absolute atomic E-state index is 0.0807. The van der Waals surface area contributed by atoms with Crippen LogP contribution in [0.5, 0.6) is 0 Å². The summed E-state index contributed by atoms with van der Waals surface area (Å²) in [6.07, 6.45) is 0.959. The summed E-state index contributed by atoms with van der Waals surface area (Å²) in [5, 5.41) is 0. The van der Waals surface area contributed by atoms with Crippen molar-refractivity contribution in [1.29, 1.82) is 0 Å². The highest BCUT2D eigenvalue weighted by Crippen LogP contribution is 2.12. The third-order valence-electron chi connectivity index (χ3n) is 2.81. The molecule has 1 atom stereocenters. The van der Waals surface area contributed by atoms with Gasteiger partial charge in [0.1, 0.15) is 11.5 Å². The fourth-order valence-corrected chi connectivity index (χ4v) is 1.83. The molecule has 1 amide bonds. The Bertz CT molecular complexity index is 477. The molecule has 1 aliphatic rings. The van der Waals surface area contributed by atoms with Crippen LogP contribution in [0, 0.1) is 5.82 Å². The minimum atomic E-state index is -0.793. The highest BCUT2D eigenvalue weighted by Gasteiger charge is 2.34. The highest BCUT2D eigenvalue weighted by molar-refractivity contribution is 5.95. The number of esters is 1. The number of hydrogen-bond donors (Lipinski definition) is 0. The molecule has 0 aliphatic carbocycles. The van der Waals surface area contributed by atoms with E-state index >= 15 is 0 Å². The van der Waals surface area contributed by atoms with Gasteiger partial charge in [0.2, 0.25) is 0 Å². The summed E-state index contributed by atoms with van der Waals surface area (Å²) in [4.78, 5) is 28.9. The van der Waals surface area contributed by atoms with Crippen LogP contribution in [0.3, 0.4) is 0 Å². The zero-order valence-electron chi connectivity index (χ0n) is 10.3. The molecule has 0 aromatic carbocycles. The van der Waals surface area contributed by atoms with Crippen molar-refractivity contribution < 1.29 is 23.5 Å². The van der Waals surface area contributed by atoms with Crippen molar-refractivity contribution in [2.75, 3.05) is 26.9 Å². The largest absolute Gasteiger partial charge is 0.467 e. The fourth-order valence-electron chi connectivity index (χ4n) is 1.83. The van der Waals surface area contributed by atoms with Gasteiger partial charge >= 0.3 is 5.97 Å². The summed E-state index contributed by atoms with van der Waals surface area (Å²) in [5.74, 6) is -1.52. The van der Waals surface area contributed by atoms with Crippen LogP contribution in [0.4, 0.5) is 4.39 Å². The maximum absolute atomic E-state index is 12.8. The Kier molecular flexibility index (Phi) is 4.06. The van der Waals surface area contributed by atoms with Crippen LogP contribution in [-0.4, -0.2) is 54.7 Å². The predicted octanol–water partition coefficient (Wildman–Crippen LogP) is 0.235.